The van der Waals surface area contributed by atoms with Gasteiger partial charge in [-0.25, -0.2) is 0 Å². The Morgan fingerprint density at radius 3 is 2.48 bits per heavy atom. The lowest BCUT2D eigenvalue weighted by Crippen LogP contribution is -2.42. The molecule has 1 saturated carbocycles. The van der Waals surface area contributed by atoms with Gasteiger partial charge in [0.15, 0.2) is 6.29 Å². The Morgan fingerprint density at radius 1 is 1.05 bits per heavy atom. The number of halogens is 2. The summed E-state index contributed by atoms with van der Waals surface area (Å²) >= 11 is 7.69. The minimum absolute atomic E-state index is 0.130. The quantitative estimate of drug-likeness (QED) is 0.483. The second-order valence-corrected chi connectivity index (χ2v) is 8.56. The van der Waals surface area contributed by atoms with Crippen molar-refractivity contribution in [1.29, 1.82) is 0 Å². The second-order valence-electron chi connectivity index (χ2n) is 6.33. The van der Waals surface area contributed by atoms with E-state index in [1.165, 1.54) is 0 Å². The van der Waals surface area contributed by atoms with Crippen molar-refractivity contribution in [3.8, 4) is 0 Å². The van der Waals surface area contributed by atoms with Gasteiger partial charge in [-0.05, 0) is 5.92 Å². The first-order valence-electron chi connectivity index (χ1n) is 7.44. The van der Waals surface area contributed by atoms with Crippen LogP contribution in [-0.2, 0) is 18.9 Å². The minimum Gasteiger partial charge on any atom is -0.350 e. The molecule has 0 aromatic heterocycles. The molecule has 0 amide bonds. The summed E-state index contributed by atoms with van der Waals surface area (Å²) in [7, 11) is 0. The third-order valence-electron chi connectivity index (χ3n) is 5.57. The van der Waals surface area contributed by atoms with Crippen LogP contribution in [0.4, 0.5) is 0 Å². The number of allylic oxidation sites excluding steroid dienone is 3. The summed E-state index contributed by atoms with van der Waals surface area (Å²) < 4.78 is 24.7. The van der Waals surface area contributed by atoms with Gasteiger partial charge in [0, 0.05) is 17.8 Å². The van der Waals surface area contributed by atoms with Gasteiger partial charge >= 0.3 is 0 Å². The average Bonchev–Trinajstić information content (AvgIpc) is 3.22. The van der Waals surface area contributed by atoms with Crippen LogP contribution in [0.2, 0.25) is 0 Å². The normalized spacial score (nSPS) is 50.3. The molecule has 5 aliphatic rings. The van der Waals surface area contributed by atoms with Crippen molar-refractivity contribution >= 4 is 31.9 Å². The van der Waals surface area contributed by atoms with E-state index >= 15 is 0 Å². The number of ether oxygens (including phenoxy) is 4. The van der Waals surface area contributed by atoms with E-state index in [-0.39, 0.29) is 22.5 Å². The zero-order chi connectivity index (χ0) is 14.2. The second kappa shape index (κ2) is 4.42. The van der Waals surface area contributed by atoms with Crippen LogP contribution in [-0.4, -0.2) is 42.8 Å². The van der Waals surface area contributed by atoms with Crippen molar-refractivity contribution < 1.29 is 18.9 Å². The third-order valence-corrected chi connectivity index (χ3v) is 7.71. The Kier molecular flexibility index (Phi) is 2.88. The number of hydrogen-bond acceptors (Lipinski definition) is 4. The maximum atomic E-state index is 6.06. The molecule has 4 nitrogen and oxygen atoms in total. The van der Waals surface area contributed by atoms with Crippen LogP contribution >= 0.6 is 31.9 Å². The molecular formula is C15H16Br2O4. The molecule has 0 unspecified atom stereocenters. The van der Waals surface area contributed by atoms with Gasteiger partial charge in [-0.2, -0.15) is 0 Å². The van der Waals surface area contributed by atoms with Crippen LogP contribution in [0.3, 0.4) is 0 Å². The Bertz CT molecular complexity index is 536. The summed E-state index contributed by atoms with van der Waals surface area (Å²) in [4.78, 5) is 0. The number of rotatable bonds is 1. The standard InChI is InChI=1S/C15H16Br2O4/c16-10-7-9-11(15(10)20-5-6-21-15)8-1-2-14(9,17)12(8)13-18-3-4-19-13/h1-2,7-9,11-13H,3-6H2/t8-,9+,11-,12-,14-/m0/s1. The summed E-state index contributed by atoms with van der Waals surface area (Å²) in [5.41, 5.74) is 0. The predicted molar refractivity (Wildman–Crippen MR) is 82.1 cm³/mol. The predicted octanol–water partition coefficient (Wildman–Crippen LogP) is 2.58. The van der Waals surface area contributed by atoms with Gasteiger partial charge in [0.1, 0.15) is 0 Å². The summed E-state index contributed by atoms with van der Waals surface area (Å²) in [5, 5.41) is 0. The smallest absolute Gasteiger partial charge is 0.205 e. The highest BCUT2D eigenvalue weighted by Gasteiger charge is 2.72. The van der Waals surface area contributed by atoms with Gasteiger partial charge in [0.25, 0.3) is 0 Å². The molecule has 0 aromatic carbocycles. The molecule has 2 aliphatic heterocycles. The fraction of sp³-hybridized carbons (Fsp3) is 0.733. The van der Waals surface area contributed by atoms with E-state index in [0.29, 0.717) is 38.3 Å². The van der Waals surface area contributed by atoms with E-state index in [1.807, 2.05) is 0 Å². The van der Waals surface area contributed by atoms with Gasteiger partial charge < -0.3 is 18.9 Å². The molecule has 2 saturated heterocycles. The lowest BCUT2D eigenvalue weighted by Gasteiger charge is -2.35. The molecule has 1 spiro atoms. The fourth-order valence-electron chi connectivity index (χ4n) is 4.86. The first-order chi connectivity index (χ1) is 10.2. The van der Waals surface area contributed by atoms with Crippen molar-refractivity contribution in [3.05, 3.63) is 22.7 Å². The Morgan fingerprint density at radius 2 is 1.76 bits per heavy atom. The number of hydrogen-bond donors (Lipinski definition) is 0. The monoisotopic (exact) mass is 418 g/mol. The van der Waals surface area contributed by atoms with Crippen molar-refractivity contribution in [1.82, 2.24) is 0 Å². The van der Waals surface area contributed by atoms with Crippen LogP contribution < -0.4 is 0 Å². The highest BCUT2D eigenvalue weighted by molar-refractivity contribution is 9.11. The first-order valence-corrected chi connectivity index (χ1v) is 9.03. The highest BCUT2D eigenvalue weighted by atomic mass is 79.9. The summed E-state index contributed by atoms with van der Waals surface area (Å²) in [6, 6.07) is 0. The summed E-state index contributed by atoms with van der Waals surface area (Å²) in [6.07, 6.45) is 6.69. The topological polar surface area (TPSA) is 36.9 Å². The van der Waals surface area contributed by atoms with Gasteiger partial charge in [0.2, 0.25) is 5.79 Å². The van der Waals surface area contributed by atoms with E-state index in [4.69, 9.17) is 18.9 Å². The molecular weight excluding hydrogens is 404 g/mol. The van der Waals surface area contributed by atoms with E-state index in [0.717, 1.165) is 4.48 Å². The van der Waals surface area contributed by atoms with Crippen LogP contribution in [0.25, 0.3) is 0 Å². The highest BCUT2D eigenvalue weighted by Crippen LogP contribution is 2.69. The maximum absolute atomic E-state index is 6.06. The Balaban J connectivity index is 1.58. The van der Waals surface area contributed by atoms with Gasteiger partial charge in [-0.15, -0.1) is 0 Å². The van der Waals surface area contributed by atoms with E-state index in [2.05, 4.69) is 50.1 Å². The van der Waals surface area contributed by atoms with Gasteiger partial charge in [-0.3, -0.25) is 0 Å². The molecule has 2 heterocycles. The molecule has 6 heteroatoms. The van der Waals surface area contributed by atoms with Crippen LogP contribution in [0, 0.1) is 23.7 Å². The Hall–Kier alpha value is 0.280. The lowest BCUT2D eigenvalue weighted by molar-refractivity contribution is -0.168. The number of fused-ring (bicyclic) bond motifs is 6. The van der Waals surface area contributed by atoms with E-state index in [9.17, 15) is 0 Å². The van der Waals surface area contributed by atoms with Crippen molar-refractivity contribution in [3.63, 3.8) is 0 Å². The first kappa shape index (κ1) is 13.7. The largest absolute Gasteiger partial charge is 0.350 e. The van der Waals surface area contributed by atoms with Crippen LogP contribution in [0.15, 0.2) is 22.7 Å². The molecule has 5 rings (SSSR count). The van der Waals surface area contributed by atoms with E-state index in [1.54, 1.807) is 0 Å². The van der Waals surface area contributed by atoms with Crippen LogP contribution in [0.1, 0.15) is 0 Å². The Labute approximate surface area is 140 Å². The van der Waals surface area contributed by atoms with Crippen molar-refractivity contribution in [2.24, 2.45) is 23.7 Å². The van der Waals surface area contributed by atoms with Crippen molar-refractivity contribution in [2.45, 2.75) is 16.4 Å². The van der Waals surface area contributed by atoms with Crippen molar-refractivity contribution in [2.75, 3.05) is 26.4 Å². The molecule has 0 N–H and O–H groups in total. The average molecular weight is 420 g/mol. The lowest BCUT2D eigenvalue weighted by atomic mass is 9.82. The molecule has 5 atom stereocenters. The number of alkyl halides is 1. The molecule has 3 fully saturated rings. The molecule has 3 aliphatic carbocycles. The zero-order valence-electron chi connectivity index (χ0n) is 11.3. The molecule has 21 heavy (non-hydrogen) atoms. The zero-order valence-corrected chi connectivity index (χ0v) is 14.5. The third kappa shape index (κ3) is 1.54. The van der Waals surface area contributed by atoms with E-state index < -0.39 is 5.79 Å². The SMILES string of the molecule is BrC1=C[C@@H]2[C@H]([C@@H]3C=C[C@@]2(Br)[C@@H]3C2OCCO2)C12OCCO2. The maximum Gasteiger partial charge on any atom is 0.205 e. The fourth-order valence-corrected chi connectivity index (χ4v) is 6.73. The minimum atomic E-state index is -0.605. The van der Waals surface area contributed by atoms with Gasteiger partial charge in [-0.1, -0.05) is 50.1 Å². The summed E-state index contributed by atoms with van der Waals surface area (Å²) in [6.45, 7) is 2.67. The molecule has 2 bridgehead atoms. The van der Waals surface area contributed by atoms with Crippen LogP contribution in [0.5, 0.6) is 0 Å². The molecule has 0 radical (unpaired) electrons. The molecule has 0 aromatic rings. The van der Waals surface area contributed by atoms with Gasteiger partial charge in [0.05, 0.1) is 35.2 Å². The molecule has 114 valence electrons. The summed E-state index contributed by atoms with van der Waals surface area (Å²) in [5.74, 6) is 0.611.